The van der Waals surface area contributed by atoms with E-state index in [-0.39, 0.29) is 29.9 Å². The van der Waals surface area contributed by atoms with Crippen molar-refractivity contribution >= 4 is 23.0 Å². The number of anilines is 3. The molecule has 2 heterocycles. The van der Waals surface area contributed by atoms with Crippen LogP contribution < -0.4 is 19.7 Å². The number of nitrogens with zero attached hydrogens (tertiary/aromatic N) is 1. The van der Waals surface area contributed by atoms with Gasteiger partial charge in [0.05, 0.1) is 37.1 Å². The van der Waals surface area contributed by atoms with Gasteiger partial charge in [-0.2, -0.15) is 0 Å². The van der Waals surface area contributed by atoms with E-state index in [2.05, 4.69) is 33.5 Å². The number of nitrogens with one attached hydrogen (secondary N) is 1. The van der Waals surface area contributed by atoms with E-state index < -0.39 is 12.3 Å². The number of hydrogen-bond donors (Lipinski definition) is 2. The molecule has 0 unspecified atom stereocenters. The van der Waals surface area contributed by atoms with Crippen LogP contribution in [0, 0.1) is 5.92 Å². The fourth-order valence-corrected chi connectivity index (χ4v) is 4.52. The van der Waals surface area contributed by atoms with Crippen molar-refractivity contribution < 1.29 is 32.9 Å². The maximum atomic E-state index is 13.5. The zero-order chi connectivity index (χ0) is 24.5. The van der Waals surface area contributed by atoms with Crippen molar-refractivity contribution in [1.29, 1.82) is 0 Å². The van der Waals surface area contributed by atoms with Crippen molar-refractivity contribution in [2.75, 3.05) is 30.0 Å². The van der Waals surface area contributed by atoms with E-state index in [0.29, 0.717) is 37.8 Å². The maximum absolute atomic E-state index is 13.5. The number of alkyl halides is 2. The molecule has 0 amide bonds. The average Bonchev–Trinajstić information content (AvgIpc) is 3.10. The van der Waals surface area contributed by atoms with Crippen molar-refractivity contribution in [2.45, 2.75) is 51.9 Å². The zero-order valence-electron chi connectivity index (χ0n) is 19.5. The molecule has 0 saturated carbocycles. The van der Waals surface area contributed by atoms with Crippen LogP contribution in [0.1, 0.15) is 45.1 Å². The lowest BCUT2D eigenvalue weighted by atomic mass is 9.92. The molecule has 2 aromatic carbocycles. The molecule has 0 spiro atoms. The fourth-order valence-electron chi connectivity index (χ4n) is 4.52. The number of hydrogen-bond acceptors (Lipinski definition) is 6. The van der Waals surface area contributed by atoms with Gasteiger partial charge in [-0.25, -0.2) is 0 Å². The quantitative estimate of drug-likeness (QED) is 0.515. The average molecular weight is 477 g/mol. The molecule has 0 aliphatic carbocycles. The summed E-state index contributed by atoms with van der Waals surface area (Å²) < 4.78 is 41.8. The van der Waals surface area contributed by atoms with Crippen LogP contribution in [0.4, 0.5) is 25.8 Å². The molecule has 1 saturated heterocycles. The summed E-state index contributed by atoms with van der Waals surface area (Å²) in [6.07, 6.45) is -2.98. The van der Waals surface area contributed by atoms with Gasteiger partial charge in [0.1, 0.15) is 0 Å². The van der Waals surface area contributed by atoms with Gasteiger partial charge in [0.2, 0.25) is 0 Å². The van der Waals surface area contributed by atoms with Gasteiger partial charge in [-0.05, 0) is 48.1 Å². The Balaban J connectivity index is 1.72. The number of ether oxygens (including phenoxy) is 3. The van der Waals surface area contributed by atoms with Gasteiger partial charge in [-0.3, -0.25) is 4.79 Å². The molecule has 0 bridgehead atoms. The van der Waals surface area contributed by atoms with Crippen LogP contribution >= 0.6 is 0 Å². The van der Waals surface area contributed by atoms with Gasteiger partial charge in [-0.1, -0.05) is 26.8 Å². The second-order valence-corrected chi connectivity index (χ2v) is 9.01. The number of carboxylic acid groups (broad SMARTS) is 1. The summed E-state index contributed by atoms with van der Waals surface area (Å²) in [4.78, 5) is 13.7. The summed E-state index contributed by atoms with van der Waals surface area (Å²) >= 11 is 0. The normalized spacial score (nSPS) is 19.8. The summed E-state index contributed by atoms with van der Waals surface area (Å²) in [5.41, 5.74) is 3.16. The molecule has 34 heavy (non-hydrogen) atoms. The van der Waals surface area contributed by atoms with Gasteiger partial charge < -0.3 is 29.5 Å². The first-order chi connectivity index (χ1) is 16.2. The van der Waals surface area contributed by atoms with Crippen LogP contribution in [0.3, 0.4) is 0 Å². The third kappa shape index (κ3) is 5.19. The third-order valence-corrected chi connectivity index (χ3v) is 6.33. The van der Waals surface area contributed by atoms with E-state index in [1.807, 2.05) is 25.1 Å². The molecule has 2 aromatic rings. The first kappa shape index (κ1) is 24.1. The highest BCUT2D eigenvalue weighted by atomic mass is 19.3. The third-order valence-electron chi connectivity index (χ3n) is 6.33. The second kappa shape index (κ2) is 9.66. The van der Waals surface area contributed by atoms with Gasteiger partial charge in [0.25, 0.3) is 0 Å². The topological polar surface area (TPSA) is 80.3 Å². The Morgan fingerprint density at radius 2 is 1.97 bits per heavy atom. The van der Waals surface area contributed by atoms with E-state index in [9.17, 15) is 18.7 Å². The highest BCUT2D eigenvalue weighted by molar-refractivity contribution is 5.78. The van der Waals surface area contributed by atoms with E-state index >= 15 is 0 Å². The van der Waals surface area contributed by atoms with Gasteiger partial charge in [0.15, 0.2) is 11.5 Å². The van der Waals surface area contributed by atoms with Gasteiger partial charge in [-0.15, -0.1) is 8.78 Å². The monoisotopic (exact) mass is 476 g/mol. The molecule has 2 atom stereocenters. The first-order valence-corrected chi connectivity index (χ1v) is 11.5. The number of benzene rings is 2. The van der Waals surface area contributed by atoms with Crippen LogP contribution in [0.5, 0.6) is 11.5 Å². The number of morpholine rings is 1. The molecule has 1 fully saturated rings. The number of rotatable bonds is 8. The first-order valence-electron chi connectivity index (χ1n) is 11.5. The standard InChI is InChI=1S/C25H30F2N2O5/c1-4-16(12-24(30)31)17-5-7-20(29-9-10-32-14-21(29)15(2)3)19(11-17)28-18-6-8-22-23(13-18)34-25(26,27)33-22/h5-8,11,13,15-16,21,28H,4,9-10,12,14H2,1-3H3,(H,30,31)/t16-,21+/m0/s1. The fraction of sp³-hybridized carbons (Fsp3) is 0.480. The van der Waals surface area contributed by atoms with Gasteiger partial charge >= 0.3 is 12.3 Å². The summed E-state index contributed by atoms with van der Waals surface area (Å²) in [6, 6.07) is 10.7. The minimum absolute atomic E-state index is 0.0231. The summed E-state index contributed by atoms with van der Waals surface area (Å²) in [6.45, 7) is 8.16. The molecule has 4 rings (SSSR count). The van der Waals surface area contributed by atoms with Crippen LogP contribution in [0.25, 0.3) is 0 Å². The molecule has 2 aliphatic heterocycles. The largest absolute Gasteiger partial charge is 0.586 e. The Morgan fingerprint density at radius 3 is 2.68 bits per heavy atom. The van der Waals surface area contributed by atoms with Crippen molar-refractivity contribution in [1.82, 2.24) is 0 Å². The number of carboxylic acids is 1. The lowest BCUT2D eigenvalue weighted by Crippen LogP contribution is -2.48. The van der Waals surface area contributed by atoms with Crippen molar-refractivity contribution in [3.05, 3.63) is 42.0 Å². The molecule has 9 heteroatoms. The second-order valence-electron chi connectivity index (χ2n) is 9.01. The number of carbonyl (C=O) groups is 1. The molecule has 7 nitrogen and oxygen atoms in total. The Kier molecular flexibility index (Phi) is 6.84. The minimum Gasteiger partial charge on any atom is -0.481 e. The Labute approximate surface area is 197 Å². The zero-order valence-corrected chi connectivity index (χ0v) is 19.5. The van der Waals surface area contributed by atoms with Crippen molar-refractivity contribution in [2.24, 2.45) is 5.92 Å². The van der Waals surface area contributed by atoms with E-state index in [1.165, 1.54) is 12.1 Å². The highest BCUT2D eigenvalue weighted by Crippen LogP contribution is 2.43. The molecule has 2 aliphatic rings. The Hall–Kier alpha value is -3.07. The predicted octanol–water partition coefficient (Wildman–Crippen LogP) is 5.58. The van der Waals surface area contributed by atoms with E-state index in [4.69, 9.17) is 4.74 Å². The molecule has 184 valence electrons. The maximum Gasteiger partial charge on any atom is 0.586 e. The summed E-state index contributed by atoms with van der Waals surface area (Å²) in [5.74, 6) is -0.721. The van der Waals surface area contributed by atoms with Crippen molar-refractivity contribution in [3.8, 4) is 11.5 Å². The lowest BCUT2D eigenvalue weighted by Gasteiger charge is -2.40. The molecular weight excluding hydrogens is 446 g/mol. The van der Waals surface area contributed by atoms with Gasteiger partial charge in [0, 0.05) is 18.3 Å². The van der Waals surface area contributed by atoms with Crippen LogP contribution in [0.2, 0.25) is 0 Å². The lowest BCUT2D eigenvalue weighted by molar-refractivity contribution is -0.286. The van der Waals surface area contributed by atoms with E-state index in [1.54, 1.807) is 6.07 Å². The predicted molar refractivity (Wildman–Crippen MR) is 124 cm³/mol. The summed E-state index contributed by atoms with van der Waals surface area (Å²) in [5, 5.41) is 12.7. The molecule has 0 radical (unpaired) electrons. The summed E-state index contributed by atoms with van der Waals surface area (Å²) in [7, 11) is 0. The number of halogens is 2. The molecule has 2 N–H and O–H groups in total. The SMILES string of the molecule is CC[C@@H](CC(=O)O)c1ccc(N2CCOC[C@@H]2C(C)C)c(Nc2ccc3c(c2)OC(F)(F)O3)c1. The van der Waals surface area contributed by atoms with E-state index in [0.717, 1.165) is 16.9 Å². The Bertz CT molecular complexity index is 1050. The van der Waals surface area contributed by atoms with Crippen LogP contribution in [0.15, 0.2) is 36.4 Å². The smallest absolute Gasteiger partial charge is 0.481 e. The van der Waals surface area contributed by atoms with Crippen molar-refractivity contribution in [3.63, 3.8) is 0 Å². The minimum atomic E-state index is -3.69. The number of aliphatic carboxylic acids is 1. The molecule has 0 aromatic heterocycles. The van der Waals surface area contributed by atoms with Crippen LogP contribution in [-0.4, -0.2) is 43.2 Å². The molecular formula is C25H30F2N2O5. The highest BCUT2D eigenvalue weighted by Gasteiger charge is 2.43. The Morgan fingerprint density at radius 1 is 1.21 bits per heavy atom. The number of fused-ring (bicyclic) bond motifs is 1. The van der Waals surface area contributed by atoms with Crippen LogP contribution in [-0.2, 0) is 9.53 Å².